The number of Topliss-reactive ketones (excluding diaryl/α,β-unsaturated/α-hetero) is 1. The van der Waals surface area contributed by atoms with E-state index in [0.29, 0.717) is 11.5 Å². The summed E-state index contributed by atoms with van der Waals surface area (Å²) in [4.78, 5) is 22.8. The molecule has 23 heteroatoms. The molecule has 0 bridgehead atoms. The van der Waals surface area contributed by atoms with Crippen LogP contribution in [0.3, 0.4) is 0 Å². The van der Waals surface area contributed by atoms with Gasteiger partial charge in [0.05, 0.1) is 38.6 Å². The summed E-state index contributed by atoms with van der Waals surface area (Å²) in [6.45, 7) is 4.56. The highest BCUT2D eigenvalue weighted by molar-refractivity contribution is 7.91. The smallest absolute Gasteiger partial charge is 0.296 e. The van der Waals surface area contributed by atoms with Crippen molar-refractivity contribution in [3.63, 3.8) is 0 Å². The molecule has 1 amide bonds. The van der Waals surface area contributed by atoms with Gasteiger partial charge in [0.15, 0.2) is 5.71 Å². The number of allylic oxidation sites excluding steroid dienone is 4. The number of hydrazone groups is 1. The fourth-order valence-corrected chi connectivity index (χ4v) is 6.62. The van der Waals surface area contributed by atoms with Crippen molar-refractivity contribution in [2.75, 3.05) is 10.7 Å². The van der Waals surface area contributed by atoms with Gasteiger partial charge in [0.25, 0.3) is 40.5 Å². The third-order valence-electron chi connectivity index (χ3n) is 6.57. The third-order valence-corrected chi connectivity index (χ3v) is 9.70. The molecule has 268 valence electrons. The Morgan fingerprint density at radius 3 is 2.08 bits per heavy atom. The molecule has 0 radical (unpaired) electrons. The molecule has 1 aliphatic carbocycles. The van der Waals surface area contributed by atoms with E-state index in [1.807, 2.05) is 0 Å². The van der Waals surface area contributed by atoms with Crippen LogP contribution in [0.25, 0.3) is 16.8 Å². The molecular formula is C28H23N5O14S4. The van der Waals surface area contributed by atoms with Crippen LogP contribution in [-0.4, -0.2) is 69.3 Å². The topological polar surface area (TPSA) is 313 Å². The first-order valence-electron chi connectivity index (χ1n) is 13.5. The van der Waals surface area contributed by atoms with Crippen LogP contribution in [0.15, 0.2) is 108 Å². The molecule has 0 atom stereocenters. The van der Waals surface area contributed by atoms with Crippen LogP contribution in [-0.2, 0) is 45.3 Å². The molecular weight excluding hydrogens is 759 g/mol. The number of carbonyl (C=O) groups is 2. The zero-order valence-corrected chi connectivity index (χ0v) is 28.7. The van der Waals surface area contributed by atoms with Crippen LogP contribution in [0, 0.1) is 0 Å². The van der Waals surface area contributed by atoms with Gasteiger partial charge in [-0.2, -0.15) is 43.9 Å². The number of anilines is 2. The summed E-state index contributed by atoms with van der Waals surface area (Å²) >= 11 is 0. The van der Waals surface area contributed by atoms with E-state index in [0.717, 1.165) is 43.3 Å². The monoisotopic (exact) mass is 781 g/mol. The maximum atomic E-state index is 13.8. The molecule has 1 aliphatic rings. The highest BCUT2D eigenvalue weighted by Crippen LogP contribution is 2.37. The molecule has 3 aromatic carbocycles. The number of fused-ring (bicyclic) bond motifs is 2. The van der Waals surface area contributed by atoms with E-state index < -0.39 is 83.7 Å². The molecule has 0 saturated heterocycles. The molecule has 0 fully saturated rings. The first-order valence-corrected chi connectivity index (χ1v) is 19.3. The molecule has 0 heterocycles. The molecule has 0 aromatic heterocycles. The second-order valence-corrected chi connectivity index (χ2v) is 15.6. The molecule has 0 spiro atoms. The molecule has 19 nitrogen and oxygen atoms in total. The highest BCUT2D eigenvalue weighted by Gasteiger charge is 2.37. The number of ketones is 1. The van der Waals surface area contributed by atoms with Gasteiger partial charge in [-0.3, -0.25) is 33.2 Å². The Hall–Kier alpha value is -5.27. The summed E-state index contributed by atoms with van der Waals surface area (Å²) in [7, 11) is -19.7. The van der Waals surface area contributed by atoms with Crippen LogP contribution in [0.4, 0.5) is 17.1 Å². The standard InChI is InChI=1S/C28H23N5O14S4/c1-3-16(5-4-12-48(36,37)38)30-31-21-8-9-22(19-13-17(49(39,40)41)6-7-18(19)21)32-33-27-25(51(45,46)47)14-20-24(50(42,43)44)11-10-23(29-15(2)34)26(20)28(27)35/h3-14,32H,1H2,2H3,(H,29,34)(H,36,37,38)(H,39,40,41)(H,42,43,44)(H,45,46,47)/b12-4+,16-5+,31-30+,33-27-. The Labute approximate surface area is 289 Å². The van der Waals surface area contributed by atoms with E-state index in [2.05, 4.69) is 32.7 Å². The SMILES string of the molecule is C=CC(=C\C=C\S(=O)(=O)O)/N=N/c1ccc(N/N=C2\C(=O)c3c(NC(C)=O)ccc(S(=O)(=O)O)c3C=C2S(=O)(=O)O)c2cc(S(=O)(=O)O)ccc12. The summed E-state index contributed by atoms with van der Waals surface area (Å²) in [6, 6.07) is 7.39. The van der Waals surface area contributed by atoms with Crippen molar-refractivity contribution in [3.05, 3.63) is 94.4 Å². The van der Waals surface area contributed by atoms with Gasteiger partial charge < -0.3 is 5.32 Å². The molecule has 0 unspecified atom stereocenters. The van der Waals surface area contributed by atoms with E-state index >= 15 is 0 Å². The predicted molar refractivity (Wildman–Crippen MR) is 183 cm³/mol. The molecule has 0 aliphatic heterocycles. The zero-order chi connectivity index (χ0) is 38.1. The summed E-state index contributed by atoms with van der Waals surface area (Å²) in [5.41, 5.74) is -0.402. The van der Waals surface area contributed by atoms with Crippen molar-refractivity contribution in [3.8, 4) is 0 Å². The second kappa shape index (κ2) is 14.2. The maximum absolute atomic E-state index is 13.8. The van der Waals surface area contributed by atoms with Crippen LogP contribution >= 0.6 is 0 Å². The molecule has 6 N–H and O–H groups in total. The number of hydrogen-bond acceptors (Lipinski definition) is 14. The van der Waals surface area contributed by atoms with Crippen molar-refractivity contribution in [2.24, 2.45) is 15.3 Å². The van der Waals surface area contributed by atoms with Crippen LogP contribution < -0.4 is 10.7 Å². The molecule has 4 rings (SSSR count). The van der Waals surface area contributed by atoms with Crippen molar-refractivity contribution in [1.29, 1.82) is 0 Å². The summed E-state index contributed by atoms with van der Waals surface area (Å²) in [5, 5.41) is 14.6. The average Bonchev–Trinajstić information content (AvgIpc) is 2.99. The van der Waals surface area contributed by atoms with Crippen molar-refractivity contribution in [1.82, 2.24) is 0 Å². The van der Waals surface area contributed by atoms with Gasteiger partial charge in [-0.05, 0) is 60.7 Å². The molecule has 3 aromatic rings. The number of rotatable bonds is 11. The normalized spacial score (nSPS) is 15.3. The predicted octanol–water partition coefficient (Wildman–Crippen LogP) is 3.74. The quantitative estimate of drug-likeness (QED) is 0.0698. The van der Waals surface area contributed by atoms with Gasteiger partial charge >= 0.3 is 0 Å². The first-order chi connectivity index (χ1) is 23.5. The van der Waals surface area contributed by atoms with Crippen LogP contribution in [0.2, 0.25) is 0 Å². The van der Waals surface area contributed by atoms with Crippen molar-refractivity contribution < 1.29 is 61.5 Å². The minimum absolute atomic E-state index is 0.00242. The minimum atomic E-state index is -5.36. The lowest BCUT2D eigenvalue weighted by Crippen LogP contribution is -2.29. The van der Waals surface area contributed by atoms with Crippen LogP contribution in [0.1, 0.15) is 22.8 Å². The van der Waals surface area contributed by atoms with Gasteiger partial charge in [-0.1, -0.05) is 12.6 Å². The average molecular weight is 782 g/mol. The number of hydrogen-bond donors (Lipinski definition) is 6. The summed E-state index contributed by atoms with van der Waals surface area (Å²) < 4.78 is 133. The zero-order valence-electron chi connectivity index (χ0n) is 25.5. The number of nitrogens with zero attached hydrogens (tertiary/aromatic N) is 3. The largest absolute Gasteiger partial charge is 0.326 e. The third kappa shape index (κ3) is 9.10. The second-order valence-electron chi connectivity index (χ2n) is 10.1. The van der Waals surface area contributed by atoms with Gasteiger partial charge in [0, 0.05) is 23.3 Å². The maximum Gasteiger partial charge on any atom is 0.296 e. The molecule has 51 heavy (non-hydrogen) atoms. The Morgan fingerprint density at radius 2 is 1.51 bits per heavy atom. The lowest BCUT2D eigenvalue weighted by atomic mass is 9.92. The fraction of sp³-hybridized carbons (Fsp3) is 0.0357. The fourth-order valence-electron chi connectivity index (χ4n) is 4.50. The van der Waals surface area contributed by atoms with E-state index in [9.17, 15) is 56.9 Å². The Kier molecular flexibility index (Phi) is 10.7. The van der Waals surface area contributed by atoms with E-state index in [-0.39, 0.29) is 33.5 Å². The van der Waals surface area contributed by atoms with Gasteiger partial charge in [0.1, 0.15) is 9.80 Å². The number of carbonyl (C=O) groups excluding carboxylic acids is 2. The molecule has 0 saturated carbocycles. The minimum Gasteiger partial charge on any atom is -0.326 e. The van der Waals surface area contributed by atoms with E-state index in [4.69, 9.17) is 4.55 Å². The van der Waals surface area contributed by atoms with Gasteiger partial charge in [0.2, 0.25) is 11.7 Å². The lowest BCUT2D eigenvalue weighted by Gasteiger charge is -2.21. The van der Waals surface area contributed by atoms with Crippen molar-refractivity contribution >= 4 is 91.8 Å². The van der Waals surface area contributed by atoms with Gasteiger partial charge in [-0.15, -0.1) is 5.11 Å². The number of azo groups is 1. The lowest BCUT2D eigenvalue weighted by molar-refractivity contribution is -0.114. The van der Waals surface area contributed by atoms with Crippen LogP contribution in [0.5, 0.6) is 0 Å². The summed E-state index contributed by atoms with van der Waals surface area (Å²) in [5.74, 6) is -2.07. The number of amides is 1. The number of nitrogens with one attached hydrogen (secondary N) is 2. The van der Waals surface area contributed by atoms with Gasteiger partial charge in [-0.25, -0.2) is 0 Å². The first kappa shape index (κ1) is 38.5. The van der Waals surface area contributed by atoms with E-state index in [1.54, 1.807) is 0 Å². The number of benzene rings is 3. The Bertz CT molecular complexity index is 2640. The van der Waals surface area contributed by atoms with Crippen molar-refractivity contribution in [2.45, 2.75) is 16.7 Å². The van der Waals surface area contributed by atoms with E-state index in [1.165, 1.54) is 24.3 Å². The summed E-state index contributed by atoms with van der Waals surface area (Å²) in [6.07, 6.45) is 3.79. The Balaban J connectivity index is 1.93. The highest BCUT2D eigenvalue weighted by atomic mass is 32.2. The Morgan fingerprint density at radius 1 is 0.843 bits per heavy atom.